The standard InChI is InChI=1S/C9H8Cl2N6/c10-5-2-1-4(3-6(5)11)14-15-7-8(12)16-17-9(7)13/h1-3,14H,(H4,12,13,15,16,17). The highest BCUT2D eigenvalue weighted by Crippen LogP contribution is 2.24. The fourth-order valence-electron chi connectivity index (χ4n) is 1.13. The highest BCUT2D eigenvalue weighted by molar-refractivity contribution is 6.68. The third-order valence-corrected chi connectivity index (χ3v) is 2.71. The molecule has 1 aliphatic heterocycles. The van der Waals surface area contributed by atoms with E-state index in [4.69, 9.17) is 34.7 Å². The Bertz CT molecular complexity index is 528. The molecule has 0 spiro atoms. The zero-order chi connectivity index (χ0) is 12.4. The van der Waals surface area contributed by atoms with Crippen molar-refractivity contribution in [1.29, 1.82) is 0 Å². The summed E-state index contributed by atoms with van der Waals surface area (Å²) in [7, 11) is 0. The largest absolute Gasteiger partial charge is 0.380 e. The van der Waals surface area contributed by atoms with Gasteiger partial charge in [-0.25, -0.2) is 0 Å². The van der Waals surface area contributed by atoms with Crippen LogP contribution in [-0.2, 0) is 0 Å². The Hall–Kier alpha value is -1.79. The van der Waals surface area contributed by atoms with Crippen LogP contribution in [0.3, 0.4) is 0 Å². The number of hydrogen-bond acceptors (Lipinski definition) is 6. The predicted octanol–water partition coefficient (Wildman–Crippen LogP) is 1.40. The third kappa shape index (κ3) is 2.48. The molecular formula is C9H8Cl2N6. The first kappa shape index (κ1) is 11.7. The first-order chi connectivity index (χ1) is 8.08. The molecule has 0 aliphatic carbocycles. The van der Waals surface area contributed by atoms with E-state index in [1.54, 1.807) is 18.2 Å². The molecule has 17 heavy (non-hydrogen) atoms. The summed E-state index contributed by atoms with van der Waals surface area (Å²) >= 11 is 11.6. The van der Waals surface area contributed by atoms with Crippen molar-refractivity contribution in [2.75, 3.05) is 5.43 Å². The van der Waals surface area contributed by atoms with Gasteiger partial charge < -0.3 is 11.5 Å². The molecule has 0 saturated heterocycles. The summed E-state index contributed by atoms with van der Waals surface area (Å²) in [5.41, 5.74) is 14.7. The van der Waals surface area contributed by atoms with Crippen molar-refractivity contribution in [3.63, 3.8) is 0 Å². The third-order valence-electron chi connectivity index (χ3n) is 1.97. The summed E-state index contributed by atoms with van der Waals surface area (Å²) in [4.78, 5) is 0. The highest BCUT2D eigenvalue weighted by Gasteiger charge is 2.16. The van der Waals surface area contributed by atoms with E-state index in [2.05, 4.69) is 20.7 Å². The van der Waals surface area contributed by atoms with Crippen molar-refractivity contribution in [1.82, 2.24) is 0 Å². The van der Waals surface area contributed by atoms with Crippen LogP contribution >= 0.6 is 23.2 Å². The van der Waals surface area contributed by atoms with E-state index in [9.17, 15) is 0 Å². The lowest BCUT2D eigenvalue weighted by molar-refractivity contribution is 1.25. The minimum Gasteiger partial charge on any atom is -0.380 e. The Morgan fingerprint density at radius 1 is 1.06 bits per heavy atom. The molecule has 1 aromatic carbocycles. The highest BCUT2D eigenvalue weighted by atomic mass is 35.5. The number of benzene rings is 1. The van der Waals surface area contributed by atoms with Gasteiger partial charge in [-0.15, -0.1) is 10.2 Å². The van der Waals surface area contributed by atoms with Crippen LogP contribution < -0.4 is 16.9 Å². The molecule has 1 heterocycles. The quantitative estimate of drug-likeness (QED) is 0.708. The normalized spacial score (nSPS) is 14.4. The van der Waals surface area contributed by atoms with E-state index < -0.39 is 0 Å². The Kier molecular flexibility index (Phi) is 3.16. The second kappa shape index (κ2) is 4.60. The molecule has 6 nitrogen and oxygen atoms in total. The van der Waals surface area contributed by atoms with Crippen molar-refractivity contribution < 1.29 is 0 Å². The maximum Gasteiger partial charge on any atom is 0.177 e. The van der Waals surface area contributed by atoms with Gasteiger partial charge in [-0.05, 0) is 18.2 Å². The van der Waals surface area contributed by atoms with Crippen molar-refractivity contribution >= 4 is 46.3 Å². The number of hydrogen-bond donors (Lipinski definition) is 3. The predicted molar refractivity (Wildman–Crippen MR) is 70.8 cm³/mol. The SMILES string of the molecule is NC1=NN=C(N)C1=NNc1ccc(Cl)c(Cl)c1. The van der Waals surface area contributed by atoms with Crippen molar-refractivity contribution in [2.45, 2.75) is 0 Å². The van der Waals surface area contributed by atoms with Gasteiger partial charge in [-0.2, -0.15) is 5.10 Å². The first-order valence-electron chi connectivity index (χ1n) is 4.54. The molecule has 0 fully saturated rings. The van der Waals surface area contributed by atoms with Crippen LogP contribution in [0.25, 0.3) is 0 Å². The van der Waals surface area contributed by atoms with Gasteiger partial charge in [0.05, 0.1) is 15.7 Å². The Morgan fingerprint density at radius 3 is 2.29 bits per heavy atom. The van der Waals surface area contributed by atoms with Gasteiger partial charge in [0.25, 0.3) is 0 Å². The molecule has 8 heteroatoms. The van der Waals surface area contributed by atoms with Crippen LogP contribution in [0, 0.1) is 0 Å². The molecule has 5 N–H and O–H groups in total. The van der Waals surface area contributed by atoms with E-state index in [-0.39, 0.29) is 11.7 Å². The van der Waals surface area contributed by atoms with E-state index in [0.717, 1.165) is 0 Å². The van der Waals surface area contributed by atoms with Gasteiger partial charge in [0, 0.05) is 0 Å². The summed E-state index contributed by atoms with van der Waals surface area (Å²) in [5.74, 6) is 0.324. The molecule has 0 bridgehead atoms. The first-order valence-corrected chi connectivity index (χ1v) is 5.29. The van der Waals surface area contributed by atoms with E-state index in [0.29, 0.717) is 21.4 Å². The minimum atomic E-state index is 0.162. The molecule has 0 atom stereocenters. The molecule has 2 rings (SSSR count). The van der Waals surface area contributed by atoms with Crippen LogP contribution in [-0.4, -0.2) is 17.4 Å². The topological polar surface area (TPSA) is 101 Å². The van der Waals surface area contributed by atoms with Crippen LogP contribution in [0.1, 0.15) is 0 Å². The zero-order valence-electron chi connectivity index (χ0n) is 8.48. The maximum atomic E-state index is 5.85. The number of nitrogens with zero attached hydrogens (tertiary/aromatic N) is 3. The Balaban J connectivity index is 2.17. The van der Waals surface area contributed by atoms with Crippen molar-refractivity contribution in [2.24, 2.45) is 26.8 Å². The molecule has 1 aromatic rings. The monoisotopic (exact) mass is 270 g/mol. The van der Waals surface area contributed by atoms with E-state index in [1.165, 1.54) is 0 Å². The lowest BCUT2D eigenvalue weighted by Crippen LogP contribution is -2.32. The molecule has 0 saturated carbocycles. The van der Waals surface area contributed by atoms with E-state index >= 15 is 0 Å². The van der Waals surface area contributed by atoms with Gasteiger partial charge >= 0.3 is 0 Å². The van der Waals surface area contributed by atoms with Gasteiger partial charge in [-0.3, -0.25) is 5.43 Å². The van der Waals surface area contributed by atoms with Crippen LogP contribution in [0.4, 0.5) is 5.69 Å². The summed E-state index contributed by atoms with van der Waals surface area (Å²) in [6, 6.07) is 4.99. The average molecular weight is 271 g/mol. The fraction of sp³-hybridized carbons (Fsp3) is 0. The Labute approximate surface area is 107 Å². The lowest BCUT2D eigenvalue weighted by Gasteiger charge is -2.03. The summed E-state index contributed by atoms with van der Waals surface area (Å²) in [6.45, 7) is 0. The number of hydrazone groups is 1. The molecule has 0 aromatic heterocycles. The number of nitrogens with two attached hydrogens (primary N) is 2. The van der Waals surface area contributed by atoms with E-state index in [1.807, 2.05) is 0 Å². The number of nitrogens with one attached hydrogen (secondary N) is 1. The minimum absolute atomic E-state index is 0.162. The molecule has 1 aliphatic rings. The summed E-state index contributed by atoms with van der Waals surface area (Å²) < 4.78 is 0. The zero-order valence-corrected chi connectivity index (χ0v) is 10.00. The Morgan fingerprint density at radius 2 is 1.71 bits per heavy atom. The number of anilines is 1. The molecule has 0 unspecified atom stereocenters. The number of rotatable bonds is 2. The lowest BCUT2D eigenvalue weighted by atomic mass is 10.3. The number of amidine groups is 2. The van der Waals surface area contributed by atoms with Gasteiger partial charge in [0.2, 0.25) is 0 Å². The smallest absolute Gasteiger partial charge is 0.177 e. The van der Waals surface area contributed by atoms with Gasteiger partial charge in [0.1, 0.15) is 0 Å². The van der Waals surface area contributed by atoms with Gasteiger partial charge in [-0.1, -0.05) is 23.2 Å². The molecule has 88 valence electrons. The molecule has 0 radical (unpaired) electrons. The van der Waals surface area contributed by atoms with Crippen LogP contribution in [0.2, 0.25) is 10.0 Å². The fourth-order valence-corrected chi connectivity index (χ4v) is 1.43. The van der Waals surface area contributed by atoms with Crippen LogP contribution in [0.5, 0.6) is 0 Å². The summed E-state index contributed by atoms with van der Waals surface area (Å²) in [6.07, 6.45) is 0. The molecular weight excluding hydrogens is 263 g/mol. The molecule has 0 amide bonds. The summed E-state index contributed by atoms with van der Waals surface area (Å²) in [5, 5.41) is 12.0. The second-order valence-corrected chi connectivity index (χ2v) is 3.99. The van der Waals surface area contributed by atoms with Crippen LogP contribution in [0.15, 0.2) is 33.5 Å². The van der Waals surface area contributed by atoms with Gasteiger partial charge in [0.15, 0.2) is 17.4 Å². The maximum absolute atomic E-state index is 5.85. The van der Waals surface area contributed by atoms with Crippen molar-refractivity contribution in [3.8, 4) is 0 Å². The van der Waals surface area contributed by atoms with Crippen molar-refractivity contribution in [3.05, 3.63) is 28.2 Å². The number of halogens is 2. The second-order valence-electron chi connectivity index (χ2n) is 3.17. The average Bonchev–Trinajstić information content (AvgIpc) is 2.61.